The maximum Gasteiger partial charge on any atom is 0.260 e. The second kappa shape index (κ2) is 14.0. The number of anilines is 1. The Morgan fingerprint density at radius 2 is 1.57 bits per heavy atom. The number of aromatic nitrogens is 1. The van der Waals surface area contributed by atoms with Crippen molar-refractivity contribution in [3.63, 3.8) is 0 Å². The van der Waals surface area contributed by atoms with Crippen LogP contribution in [0.25, 0.3) is 10.2 Å². The molecule has 1 aliphatic carbocycles. The van der Waals surface area contributed by atoms with E-state index in [9.17, 15) is 13.2 Å². The maximum absolute atomic E-state index is 13.8. The smallest absolute Gasteiger partial charge is 0.260 e. The summed E-state index contributed by atoms with van der Waals surface area (Å²) in [5.74, 6) is 1.02. The Morgan fingerprint density at radius 1 is 0.950 bits per heavy atom. The number of nitrogens with zero attached hydrogens (tertiary/aromatic N) is 4. The maximum atomic E-state index is 13.8. The van der Waals surface area contributed by atoms with Crippen molar-refractivity contribution in [2.45, 2.75) is 49.5 Å². The monoisotopic (exact) mass is 610 g/mol. The Labute approximate surface area is 247 Å². The van der Waals surface area contributed by atoms with Gasteiger partial charge in [-0.1, -0.05) is 30.6 Å². The van der Waals surface area contributed by atoms with E-state index in [4.69, 9.17) is 14.5 Å². The zero-order valence-electron chi connectivity index (χ0n) is 23.8. The summed E-state index contributed by atoms with van der Waals surface area (Å²) in [7, 11) is 5.18. The first-order chi connectivity index (χ1) is 18.7. The van der Waals surface area contributed by atoms with Crippen LogP contribution >= 0.6 is 23.7 Å². The number of thiazole rings is 1. The van der Waals surface area contributed by atoms with Gasteiger partial charge in [0.05, 0.1) is 19.1 Å². The lowest BCUT2D eigenvalue weighted by atomic mass is 9.96. The highest BCUT2D eigenvalue weighted by molar-refractivity contribution is 7.89. The second-order valence-corrected chi connectivity index (χ2v) is 13.1. The van der Waals surface area contributed by atoms with E-state index in [1.165, 1.54) is 27.8 Å². The van der Waals surface area contributed by atoms with Crippen LogP contribution in [-0.2, 0) is 10.0 Å². The highest BCUT2D eigenvalue weighted by atomic mass is 35.5. The fourth-order valence-corrected chi connectivity index (χ4v) is 7.47. The molecular formula is C28H39ClN4O5S2. The normalized spacial score (nSPS) is 14.4. The molecule has 9 nitrogen and oxygen atoms in total. The summed E-state index contributed by atoms with van der Waals surface area (Å²) in [4.78, 5) is 22.5. The lowest BCUT2D eigenvalue weighted by molar-refractivity contribution is 0.0986. The first-order valence-electron chi connectivity index (χ1n) is 13.2. The van der Waals surface area contributed by atoms with Gasteiger partial charge in [0.2, 0.25) is 10.0 Å². The average molecular weight is 611 g/mol. The van der Waals surface area contributed by atoms with Crippen LogP contribution in [0.4, 0.5) is 5.13 Å². The minimum absolute atomic E-state index is 0. The lowest BCUT2D eigenvalue weighted by Crippen LogP contribution is -2.38. The van der Waals surface area contributed by atoms with E-state index in [1.807, 2.05) is 20.2 Å². The summed E-state index contributed by atoms with van der Waals surface area (Å²) in [5.41, 5.74) is 1.03. The van der Waals surface area contributed by atoms with E-state index >= 15 is 0 Å². The quantitative estimate of drug-likeness (QED) is 0.291. The summed E-state index contributed by atoms with van der Waals surface area (Å²) in [6.45, 7) is 1.25. The van der Waals surface area contributed by atoms with Crippen molar-refractivity contribution in [2.75, 3.05) is 53.4 Å². The summed E-state index contributed by atoms with van der Waals surface area (Å²) >= 11 is 1.37. The fraction of sp³-hybridized carbons (Fsp3) is 0.500. The molecule has 1 heterocycles. The molecule has 1 fully saturated rings. The number of methoxy groups -OCH3 is 2. The molecule has 3 aromatic rings. The number of halogens is 1. The number of fused-ring (bicyclic) bond motifs is 1. The predicted octanol–water partition coefficient (Wildman–Crippen LogP) is 5.29. The molecule has 0 unspecified atom stereocenters. The highest BCUT2D eigenvalue weighted by Gasteiger charge is 2.30. The molecule has 1 amide bonds. The number of benzene rings is 2. The Kier molecular flexibility index (Phi) is 11.2. The number of ether oxygens (including phenoxy) is 2. The van der Waals surface area contributed by atoms with Crippen LogP contribution < -0.4 is 14.4 Å². The lowest BCUT2D eigenvalue weighted by Gasteiger charge is -2.30. The summed E-state index contributed by atoms with van der Waals surface area (Å²) in [6, 6.07) is 9.89. The van der Waals surface area contributed by atoms with Crippen molar-refractivity contribution in [3.8, 4) is 11.5 Å². The van der Waals surface area contributed by atoms with Gasteiger partial charge >= 0.3 is 0 Å². The van der Waals surface area contributed by atoms with E-state index < -0.39 is 10.0 Å². The van der Waals surface area contributed by atoms with E-state index in [1.54, 1.807) is 44.4 Å². The number of carbonyl (C=O) groups excluding carboxylic acids is 1. The van der Waals surface area contributed by atoms with Gasteiger partial charge in [-0.3, -0.25) is 9.69 Å². The molecule has 0 spiro atoms. The molecule has 2 aromatic carbocycles. The van der Waals surface area contributed by atoms with Crippen LogP contribution in [-0.4, -0.2) is 83.0 Å². The number of carbonyl (C=O) groups is 1. The molecule has 0 atom stereocenters. The highest BCUT2D eigenvalue weighted by Crippen LogP contribution is 2.40. The predicted molar refractivity (Wildman–Crippen MR) is 163 cm³/mol. The van der Waals surface area contributed by atoms with Crippen molar-refractivity contribution in [2.24, 2.45) is 0 Å². The van der Waals surface area contributed by atoms with Gasteiger partial charge in [-0.05, 0) is 76.3 Å². The van der Waals surface area contributed by atoms with Crippen molar-refractivity contribution >= 4 is 55.0 Å². The molecule has 220 valence electrons. The molecule has 12 heteroatoms. The van der Waals surface area contributed by atoms with Gasteiger partial charge < -0.3 is 14.4 Å². The molecular weight excluding hydrogens is 572 g/mol. The van der Waals surface area contributed by atoms with E-state index in [2.05, 4.69) is 4.90 Å². The van der Waals surface area contributed by atoms with Crippen molar-refractivity contribution in [1.82, 2.24) is 14.2 Å². The van der Waals surface area contributed by atoms with E-state index in [0.29, 0.717) is 34.3 Å². The van der Waals surface area contributed by atoms with Crippen molar-refractivity contribution in [1.29, 1.82) is 0 Å². The first kappa shape index (κ1) is 32.1. The summed E-state index contributed by atoms with van der Waals surface area (Å²) < 4.78 is 39.9. The van der Waals surface area contributed by atoms with Crippen LogP contribution in [0.2, 0.25) is 0 Å². The van der Waals surface area contributed by atoms with Gasteiger partial charge in [-0.2, -0.15) is 4.31 Å². The topological polar surface area (TPSA) is 92.3 Å². The molecule has 0 bridgehead atoms. The second-order valence-electron chi connectivity index (χ2n) is 10.1. The zero-order valence-corrected chi connectivity index (χ0v) is 26.2. The largest absolute Gasteiger partial charge is 0.495 e. The molecule has 1 aliphatic rings. The Morgan fingerprint density at radius 3 is 2.17 bits per heavy atom. The minimum atomic E-state index is -3.65. The summed E-state index contributed by atoms with van der Waals surface area (Å²) in [5, 5.41) is 0.533. The van der Waals surface area contributed by atoms with Gasteiger partial charge in [0, 0.05) is 25.2 Å². The Bertz CT molecular complexity index is 1350. The van der Waals surface area contributed by atoms with Gasteiger partial charge in [-0.25, -0.2) is 13.4 Å². The molecule has 1 saturated carbocycles. The van der Waals surface area contributed by atoms with E-state index in [0.717, 1.165) is 49.8 Å². The number of rotatable bonds is 11. The molecule has 40 heavy (non-hydrogen) atoms. The molecule has 4 rings (SSSR count). The van der Waals surface area contributed by atoms with Gasteiger partial charge in [-0.15, -0.1) is 12.4 Å². The Balaban J connectivity index is 0.00000441. The van der Waals surface area contributed by atoms with Crippen molar-refractivity contribution < 1.29 is 22.7 Å². The SMILES string of the molecule is COc1ccc(OC)c2sc(N(CCCN(C)C)C(=O)c3ccc(S(=O)(=O)N(C)C4CCCCC4)cc3)nc12.Cl. The van der Waals surface area contributed by atoms with Crippen LogP contribution in [0.15, 0.2) is 41.3 Å². The number of amides is 1. The zero-order chi connectivity index (χ0) is 28.2. The number of sulfonamides is 1. The van der Waals surface area contributed by atoms with Crippen LogP contribution in [0, 0.1) is 0 Å². The van der Waals surface area contributed by atoms with Gasteiger partial charge in [0.25, 0.3) is 5.91 Å². The molecule has 0 aliphatic heterocycles. The molecule has 1 aromatic heterocycles. The van der Waals surface area contributed by atoms with Gasteiger partial charge in [0.15, 0.2) is 5.13 Å². The Hall–Kier alpha value is -2.44. The third-order valence-electron chi connectivity index (χ3n) is 7.23. The fourth-order valence-electron chi connectivity index (χ4n) is 4.95. The third kappa shape index (κ3) is 6.88. The molecule has 0 radical (unpaired) electrons. The third-order valence-corrected chi connectivity index (χ3v) is 10.2. The van der Waals surface area contributed by atoms with Crippen molar-refractivity contribution in [3.05, 3.63) is 42.0 Å². The average Bonchev–Trinajstić information content (AvgIpc) is 3.39. The number of hydrogen-bond acceptors (Lipinski definition) is 8. The minimum Gasteiger partial charge on any atom is -0.495 e. The van der Waals surface area contributed by atoms with Crippen LogP contribution in [0.5, 0.6) is 11.5 Å². The first-order valence-corrected chi connectivity index (χ1v) is 15.5. The standard InChI is InChI=1S/C28H38N4O5S2.ClH/c1-30(2)18-9-19-32(28-29-25-23(36-4)16-17-24(37-5)26(25)38-28)27(33)20-12-14-22(15-13-20)39(34,35)31(3)21-10-7-6-8-11-21;/h12-17,21H,6-11,18-19H2,1-5H3;1H. The van der Waals surface area contributed by atoms with Crippen LogP contribution in [0.3, 0.4) is 0 Å². The number of hydrogen-bond donors (Lipinski definition) is 0. The van der Waals surface area contributed by atoms with Gasteiger partial charge in [0.1, 0.15) is 21.7 Å². The molecule has 0 N–H and O–H groups in total. The van der Waals surface area contributed by atoms with E-state index in [-0.39, 0.29) is 29.3 Å². The summed E-state index contributed by atoms with van der Waals surface area (Å²) in [6.07, 6.45) is 5.75. The molecule has 0 saturated heterocycles. The van der Waals surface area contributed by atoms with Crippen LogP contribution in [0.1, 0.15) is 48.9 Å².